The van der Waals surface area contributed by atoms with Crippen molar-refractivity contribution in [3.05, 3.63) is 29.8 Å². The molecule has 2 saturated carbocycles. The van der Waals surface area contributed by atoms with Crippen molar-refractivity contribution in [2.45, 2.75) is 25.7 Å². The summed E-state index contributed by atoms with van der Waals surface area (Å²) in [6.45, 7) is -0.378. The number of carbonyl (C=O) groups excluding carboxylic acids is 2. The maximum absolute atomic E-state index is 12.2. The Bertz CT molecular complexity index is 616. The maximum Gasteiger partial charge on any atom is 0.322 e. The van der Waals surface area contributed by atoms with Crippen molar-refractivity contribution >= 4 is 23.5 Å². The predicted molar refractivity (Wildman–Crippen MR) is 83.7 cm³/mol. The zero-order valence-electron chi connectivity index (χ0n) is 12.7. The Morgan fingerprint density at radius 2 is 1.74 bits per heavy atom. The molecule has 2 aliphatic rings. The molecule has 1 aromatic carbocycles. The number of rotatable bonds is 6. The van der Waals surface area contributed by atoms with Crippen molar-refractivity contribution in [2.24, 2.45) is 17.8 Å². The summed E-state index contributed by atoms with van der Waals surface area (Å²) >= 11 is 0. The van der Waals surface area contributed by atoms with Crippen LogP contribution in [-0.4, -0.2) is 29.4 Å². The molecule has 2 aliphatic carbocycles. The number of carbonyl (C=O) groups is 3. The highest BCUT2D eigenvalue weighted by Gasteiger charge is 2.56. The number of nitrogens with one attached hydrogen (secondary N) is 2. The molecule has 6 nitrogen and oxygen atoms in total. The van der Waals surface area contributed by atoms with Gasteiger partial charge in [0.1, 0.15) is 6.54 Å². The summed E-state index contributed by atoms with van der Waals surface area (Å²) in [6.07, 6.45) is 3.71. The predicted octanol–water partition coefficient (Wildman–Crippen LogP) is 1.41. The van der Waals surface area contributed by atoms with Gasteiger partial charge in [0.15, 0.2) is 0 Å². The number of hydrogen-bond donors (Lipinski definition) is 3. The Balaban J connectivity index is 1.48. The second-order valence-electron chi connectivity index (χ2n) is 6.32. The Hall–Kier alpha value is -2.37. The summed E-state index contributed by atoms with van der Waals surface area (Å²) in [5.41, 5.74) is 1.50. The second-order valence-corrected chi connectivity index (χ2v) is 6.32. The second kappa shape index (κ2) is 6.40. The molecule has 0 aromatic heterocycles. The van der Waals surface area contributed by atoms with Gasteiger partial charge in [-0.3, -0.25) is 14.4 Å². The van der Waals surface area contributed by atoms with Gasteiger partial charge in [0.05, 0.1) is 6.42 Å². The van der Waals surface area contributed by atoms with Crippen molar-refractivity contribution in [2.75, 3.05) is 11.9 Å². The van der Waals surface area contributed by atoms with Crippen LogP contribution in [-0.2, 0) is 20.8 Å². The van der Waals surface area contributed by atoms with Crippen molar-refractivity contribution in [3.63, 3.8) is 0 Å². The highest BCUT2D eigenvalue weighted by atomic mass is 16.4. The van der Waals surface area contributed by atoms with E-state index in [4.69, 9.17) is 5.11 Å². The Morgan fingerprint density at radius 3 is 2.35 bits per heavy atom. The van der Waals surface area contributed by atoms with Crippen molar-refractivity contribution in [1.82, 2.24) is 5.32 Å². The maximum atomic E-state index is 12.2. The van der Waals surface area contributed by atoms with Crippen molar-refractivity contribution in [1.29, 1.82) is 0 Å². The number of carboxylic acids is 1. The summed E-state index contributed by atoms with van der Waals surface area (Å²) in [5.74, 6) is 0.0625. The zero-order valence-corrected chi connectivity index (χ0v) is 12.7. The van der Waals surface area contributed by atoms with Crippen LogP contribution >= 0.6 is 0 Å². The lowest BCUT2D eigenvalue weighted by Crippen LogP contribution is -2.30. The molecule has 2 atom stereocenters. The van der Waals surface area contributed by atoms with Crippen LogP contribution in [0.1, 0.15) is 24.8 Å². The number of aliphatic carboxylic acids is 1. The third-order valence-corrected chi connectivity index (χ3v) is 4.73. The van der Waals surface area contributed by atoms with Crippen LogP contribution in [0.2, 0.25) is 0 Å². The normalized spacial score (nSPS) is 24.6. The van der Waals surface area contributed by atoms with E-state index in [9.17, 15) is 14.4 Å². The lowest BCUT2D eigenvalue weighted by atomic mass is 10.1. The van der Waals surface area contributed by atoms with Gasteiger partial charge in [-0.05, 0) is 42.4 Å². The molecule has 122 valence electrons. The van der Waals surface area contributed by atoms with Crippen LogP contribution in [0.4, 0.5) is 5.69 Å². The van der Waals surface area contributed by atoms with Crippen LogP contribution in [0.3, 0.4) is 0 Å². The van der Waals surface area contributed by atoms with Gasteiger partial charge >= 0.3 is 5.97 Å². The fraction of sp³-hybridized carbons (Fsp3) is 0.471. The average Bonchev–Trinajstić information content (AvgIpc) is 3.00. The Morgan fingerprint density at radius 1 is 1.09 bits per heavy atom. The van der Waals surface area contributed by atoms with Gasteiger partial charge in [-0.15, -0.1) is 0 Å². The number of fused-ring (bicyclic) bond motifs is 1. The van der Waals surface area contributed by atoms with Crippen molar-refractivity contribution in [3.8, 4) is 0 Å². The molecule has 0 saturated heterocycles. The first kappa shape index (κ1) is 15.5. The molecule has 0 radical (unpaired) electrons. The van der Waals surface area contributed by atoms with Gasteiger partial charge in [0.2, 0.25) is 11.8 Å². The van der Waals surface area contributed by atoms with Gasteiger partial charge in [-0.1, -0.05) is 18.6 Å². The minimum absolute atomic E-state index is 0.103. The third-order valence-electron chi connectivity index (χ3n) is 4.73. The number of hydrogen-bond acceptors (Lipinski definition) is 3. The minimum atomic E-state index is -1.07. The standard InChI is InChI=1S/C17H20N2O4/c20-14(18-9-15(21)22)8-10-4-6-11(7-5-10)19-17(23)16-12-2-1-3-13(12)16/h4-7,12-13,16H,1-3,8-9H2,(H,18,20)(H,19,23)(H,21,22). The number of amides is 2. The molecule has 0 bridgehead atoms. The van der Waals surface area contributed by atoms with Gasteiger partial charge in [-0.25, -0.2) is 0 Å². The smallest absolute Gasteiger partial charge is 0.322 e. The molecular weight excluding hydrogens is 296 g/mol. The Kier molecular flexibility index (Phi) is 4.32. The SMILES string of the molecule is O=C(O)CNC(=O)Cc1ccc(NC(=O)C2C3CCCC32)cc1. The average molecular weight is 316 g/mol. The van der Waals surface area contributed by atoms with Crippen LogP contribution in [0.15, 0.2) is 24.3 Å². The number of carboxylic acid groups (broad SMARTS) is 1. The molecule has 0 aliphatic heterocycles. The molecule has 3 N–H and O–H groups in total. The van der Waals surface area contributed by atoms with E-state index in [1.54, 1.807) is 24.3 Å². The highest BCUT2D eigenvalue weighted by molar-refractivity contribution is 5.95. The molecular formula is C17H20N2O4. The van der Waals surface area contributed by atoms with E-state index < -0.39 is 5.97 Å². The first-order valence-corrected chi connectivity index (χ1v) is 7.93. The molecule has 0 spiro atoms. The van der Waals surface area contributed by atoms with Gasteiger partial charge in [0, 0.05) is 11.6 Å². The first-order valence-electron chi connectivity index (χ1n) is 7.93. The van der Waals surface area contributed by atoms with E-state index in [0.717, 1.165) is 11.3 Å². The molecule has 2 unspecified atom stereocenters. The molecule has 2 amide bonds. The van der Waals surface area contributed by atoms with Gasteiger partial charge < -0.3 is 15.7 Å². The quantitative estimate of drug-likeness (QED) is 0.739. The van der Waals surface area contributed by atoms with E-state index in [2.05, 4.69) is 10.6 Å². The summed E-state index contributed by atoms with van der Waals surface area (Å²) < 4.78 is 0. The Labute approximate surface area is 134 Å². The van der Waals surface area contributed by atoms with Crippen molar-refractivity contribution < 1.29 is 19.5 Å². The van der Waals surface area contributed by atoms with E-state index >= 15 is 0 Å². The van der Waals surface area contributed by atoms with E-state index in [1.165, 1.54) is 19.3 Å². The molecule has 23 heavy (non-hydrogen) atoms. The molecule has 0 heterocycles. The third kappa shape index (κ3) is 3.70. The highest BCUT2D eigenvalue weighted by Crippen LogP contribution is 2.57. The summed E-state index contributed by atoms with van der Waals surface area (Å²) in [4.78, 5) is 34.1. The molecule has 1 aromatic rings. The fourth-order valence-electron chi connectivity index (χ4n) is 3.56. The van der Waals surface area contributed by atoms with Gasteiger partial charge in [-0.2, -0.15) is 0 Å². The zero-order chi connectivity index (χ0) is 16.4. The number of benzene rings is 1. The van der Waals surface area contributed by atoms with Crippen LogP contribution in [0.5, 0.6) is 0 Å². The molecule has 2 fully saturated rings. The summed E-state index contributed by atoms with van der Waals surface area (Å²) in [5, 5.41) is 13.8. The lowest BCUT2D eigenvalue weighted by molar-refractivity contribution is -0.137. The van der Waals surface area contributed by atoms with Crippen LogP contribution < -0.4 is 10.6 Å². The minimum Gasteiger partial charge on any atom is -0.480 e. The van der Waals surface area contributed by atoms with E-state index in [1.807, 2.05) is 0 Å². The summed E-state index contributed by atoms with van der Waals surface area (Å²) in [6, 6.07) is 7.08. The van der Waals surface area contributed by atoms with E-state index in [-0.39, 0.29) is 30.7 Å². The van der Waals surface area contributed by atoms with E-state index in [0.29, 0.717) is 11.8 Å². The molecule has 6 heteroatoms. The lowest BCUT2D eigenvalue weighted by Gasteiger charge is -2.08. The summed E-state index contributed by atoms with van der Waals surface area (Å²) in [7, 11) is 0. The topological polar surface area (TPSA) is 95.5 Å². The monoisotopic (exact) mass is 316 g/mol. The fourth-order valence-corrected chi connectivity index (χ4v) is 3.56. The largest absolute Gasteiger partial charge is 0.480 e. The first-order chi connectivity index (χ1) is 11.0. The van der Waals surface area contributed by atoms with Gasteiger partial charge in [0.25, 0.3) is 0 Å². The van der Waals surface area contributed by atoms with Crippen LogP contribution in [0, 0.1) is 17.8 Å². The van der Waals surface area contributed by atoms with Crippen LogP contribution in [0.25, 0.3) is 0 Å². The molecule has 3 rings (SSSR count). The number of anilines is 1.